The van der Waals surface area contributed by atoms with Gasteiger partial charge in [0.2, 0.25) is 5.88 Å². The molecule has 2 aromatic carbocycles. The minimum atomic E-state index is -0.743. The molecule has 0 amide bonds. The number of benzene rings is 2. The van der Waals surface area contributed by atoms with Crippen LogP contribution in [0.5, 0.6) is 11.6 Å². The Morgan fingerprint density at radius 3 is 2.61 bits per heavy atom. The molecular formula is C28H30FN3O4. The van der Waals surface area contributed by atoms with Crippen molar-refractivity contribution in [2.24, 2.45) is 7.05 Å². The molecule has 0 aliphatic carbocycles. The molecular weight excluding hydrogens is 461 g/mol. The van der Waals surface area contributed by atoms with E-state index in [1.807, 2.05) is 47.4 Å². The monoisotopic (exact) mass is 491 g/mol. The Hall–Kier alpha value is -3.72. The third-order valence-corrected chi connectivity index (χ3v) is 5.53. The highest BCUT2D eigenvalue weighted by atomic mass is 19.1. The van der Waals surface area contributed by atoms with Gasteiger partial charge in [-0.3, -0.25) is 4.90 Å². The number of halogens is 1. The Bertz CT molecular complexity index is 1240. The largest absolute Gasteiger partial charge is 0.468 e. The summed E-state index contributed by atoms with van der Waals surface area (Å²) in [5.41, 5.74) is 2.38. The van der Waals surface area contributed by atoms with Crippen molar-refractivity contribution in [3.63, 3.8) is 0 Å². The predicted octanol–water partition coefficient (Wildman–Crippen LogP) is 5.18. The van der Waals surface area contributed by atoms with Crippen molar-refractivity contribution in [2.75, 3.05) is 19.8 Å². The summed E-state index contributed by atoms with van der Waals surface area (Å²) in [7, 11) is 1.76. The average molecular weight is 492 g/mol. The Morgan fingerprint density at radius 2 is 1.89 bits per heavy atom. The molecule has 7 nitrogen and oxygen atoms in total. The van der Waals surface area contributed by atoms with Gasteiger partial charge in [-0.05, 0) is 24.3 Å². The van der Waals surface area contributed by atoms with Gasteiger partial charge in [0.1, 0.15) is 11.5 Å². The average Bonchev–Trinajstić information content (AvgIpc) is 3.49. The van der Waals surface area contributed by atoms with Crippen LogP contribution in [0.4, 0.5) is 4.39 Å². The van der Waals surface area contributed by atoms with Gasteiger partial charge in [-0.15, -0.1) is 6.58 Å². The molecule has 8 heteroatoms. The number of furan rings is 1. The first-order chi connectivity index (χ1) is 17.5. The van der Waals surface area contributed by atoms with E-state index in [4.69, 9.17) is 19.0 Å². The zero-order chi connectivity index (χ0) is 25.3. The SMILES string of the molecule is C=CCOCC(O)CN(Cc1ccco1)Cc1c(-c2ccccc2)nn(C)c1Oc1ccccc1F. The van der Waals surface area contributed by atoms with Crippen LogP contribution in [0.2, 0.25) is 0 Å². The van der Waals surface area contributed by atoms with Gasteiger partial charge < -0.3 is 19.0 Å². The van der Waals surface area contributed by atoms with E-state index in [-0.39, 0.29) is 12.4 Å². The van der Waals surface area contributed by atoms with Crippen LogP contribution < -0.4 is 4.74 Å². The fourth-order valence-electron chi connectivity index (χ4n) is 3.95. The number of para-hydroxylation sites is 1. The lowest BCUT2D eigenvalue weighted by molar-refractivity contribution is 0.0215. The molecule has 0 saturated carbocycles. The molecule has 0 fully saturated rings. The van der Waals surface area contributed by atoms with Crippen molar-refractivity contribution in [1.82, 2.24) is 14.7 Å². The topological polar surface area (TPSA) is 72.9 Å². The Balaban J connectivity index is 1.69. The zero-order valence-electron chi connectivity index (χ0n) is 20.2. The van der Waals surface area contributed by atoms with Crippen molar-refractivity contribution in [3.8, 4) is 22.9 Å². The molecule has 0 aliphatic heterocycles. The Kier molecular flexibility index (Phi) is 8.67. The summed E-state index contributed by atoms with van der Waals surface area (Å²) >= 11 is 0. The summed E-state index contributed by atoms with van der Waals surface area (Å²) in [4.78, 5) is 2.03. The molecule has 1 atom stereocenters. The number of rotatable bonds is 13. The van der Waals surface area contributed by atoms with E-state index in [0.717, 1.165) is 16.9 Å². The van der Waals surface area contributed by atoms with Gasteiger partial charge in [-0.1, -0.05) is 48.5 Å². The van der Waals surface area contributed by atoms with Crippen LogP contribution >= 0.6 is 0 Å². The summed E-state index contributed by atoms with van der Waals surface area (Å²) in [6, 6.07) is 19.7. The Labute approximate surface area is 210 Å². The quantitative estimate of drug-likeness (QED) is 0.205. The van der Waals surface area contributed by atoms with Gasteiger partial charge in [0.15, 0.2) is 11.6 Å². The highest BCUT2D eigenvalue weighted by Gasteiger charge is 2.24. The van der Waals surface area contributed by atoms with Gasteiger partial charge in [0.05, 0.1) is 37.7 Å². The van der Waals surface area contributed by atoms with Crippen LogP contribution in [0.15, 0.2) is 90.1 Å². The lowest BCUT2D eigenvalue weighted by atomic mass is 10.1. The molecule has 2 heterocycles. The summed E-state index contributed by atoms with van der Waals surface area (Å²) in [6.07, 6.45) is 2.51. The third-order valence-electron chi connectivity index (χ3n) is 5.53. The smallest absolute Gasteiger partial charge is 0.222 e. The minimum Gasteiger partial charge on any atom is -0.468 e. The predicted molar refractivity (Wildman–Crippen MR) is 135 cm³/mol. The van der Waals surface area contributed by atoms with E-state index in [2.05, 4.69) is 6.58 Å². The number of hydrogen-bond acceptors (Lipinski definition) is 6. The Morgan fingerprint density at radius 1 is 1.11 bits per heavy atom. The molecule has 4 aromatic rings. The molecule has 0 saturated heterocycles. The van der Waals surface area contributed by atoms with Crippen molar-refractivity contribution in [1.29, 1.82) is 0 Å². The van der Waals surface area contributed by atoms with Crippen LogP contribution in [0.25, 0.3) is 11.3 Å². The normalized spacial score (nSPS) is 12.1. The molecule has 0 spiro atoms. The lowest BCUT2D eigenvalue weighted by Crippen LogP contribution is -2.34. The van der Waals surface area contributed by atoms with Crippen LogP contribution in [0.1, 0.15) is 11.3 Å². The van der Waals surface area contributed by atoms with Crippen molar-refractivity contribution in [2.45, 2.75) is 19.2 Å². The minimum absolute atomic E-state index is 0.108. The molecule has 188 valence electrons. The van der Waals surface area contributed by atoms with E-state index in [9.17, 15) is 9.50 Å². The van der Waals surface area contributed by atoms with Crippen molar-refractivity contribution >= 4 is 0 Å². The standard InChI is InChI=1S/C28H30FN3O4/c1-3-15-34-20-22(33)17-32(18-23-12-9-16-35-23)19-24-27(21-10-5-4-6-11-21)30-31(2)28(24)36-26-14-8-7-13-25(26)29/h3-14,16,22,33H,1,15,17-20H2,2H3. The fourth-order valence-corrected chi connectivity index (χ4v) is 3.95. The number of aliphatic hydroxyl groups is 1. The van der Waals surface area contributed by atoms with Crippen LogP contribution in [-0.4, -0.2) is 45.6 Å². The van der Waals surface area contributed by atoms with E-state index in [0.29, 0.717) is 37.8 Å². The molecule has 4 rings (SSSR count). The lowest BCUT2D eigenvalue weighted by Gasteiger charge is -2.25. The van der Waals surface area contributed by atoms with Gasteiger partial charge in [0, 0.05) is 25.7 Å². The number of aliphatic hydroxyl groups excluding tert-OH is 1. The van der Waals surface area contributed by atoms with Gasteiger partial charge in [-0.2, -0.15) is 5.10 Å². The van der Waals surface area contributed by atoms with Crippen LogP contribution in [0, 0.1) is 5.82 Å². The maximum atomic E-state index is 14.5. The van der Waals surface area contributed by atoms with Gasteiger partial charge in [-0.25, -0.2) is 9.07 Å². The summed E-state index contributed by atoms with van der Waals surface area (Å²) in [5.74, 6) is 0.807. The first kappa shape index (κ1) is 25.4. The van der Waals surface area contributed by atoms with Crippen LogP contribution in [0.3, 0.4) is 0 Å². The van der Waals surface area contributed by atoms with E-state index < -0.39 is 11.9 Å². The molecule has 0 aliphatic rings. The summed E-state index contributed by atoms with van der Waals surface area (Å²) < 4.78 is 33.2. The number of aryl methyl sites for hydroxylation is 1. The van der Waals surface area contributed by atoms with Crippen LogP contribution in [-0.2, 0) is 24.9 Å². The van der Waals surface area contributed by atoms with Gasteiger partial charge >= 0.3 is 0 Å². The van der Waals surface area contributed by atoms with Crippen molar-refractivity contribution in [3.05, 3.63) is 103 Å². The number of ether oxygens (including phenoxy) is 2. The molecule has 2 aromatic heterocycles. The zero-order valence-corrected chi connectivity index (χ0v) is 20.2. The van der Waals surface area contributed by atoms with E-state index in [1.165, 1.54) is 6.07 Å². The second-order valence-electron chi connectivity index (χ2n) is 8.38. The third kappa shape index (κ3) is 6.48. The maximum Gasteiger partial charge on any atom is 0.222 e. The second kappa shape index (κ2) is 12.3. The molecule has 0 radical (unpaired) electrons. The highest BCUT2D eigenvalue weighted by molar-refractivity contribution is 5.65. The maximum absolute atomic E-state index is 14.5. The van der Waals surface area contributed by atoms with Gasteiger partial charge in [0.25, 0.3) is 0 Å². The molecule has 0 bridgehead atoms. The van der Waals surface area contributed by atoms with E-state index >= 15 is 0 Å². The highest BCUT2D eigenvalue weighted by Crippen LogP contribution is 2.35. The number of nitrogens with zero attached hydrogens (tertiary/aromatic N) is 3. The molecule has 36 heavy (non-hydrogen) atoms. The molecule has 1 unspecified atom stereocenters. The van der Waals surface area contributed by atoms with E-state index in [1.54, 1.807) is 42.3 Å². The fraction of sp³-hybridized carbons (Fsp3) is 0.250. The number of aromatic nitrogens is 2. The summed E-state index contributed by atoms with van der Waals surface area (Å²) in [5, 5.41) is 15.4. The second-order valence-corrected chi connectivity index (χ2v) is 8.38. The molecule has 1 N–H and O–H groups in total. The first-order valence-electron chi connectivity index (χ1n) is 11.7. The first-order valence-corrected chi connectivity index (χ1v) is 11.7. The number of hydrogen-bond donors (Lipinski definition) is 1. The van der Waals surface area contributed by atoms with Crippen molar-refractivity contribution < 1.29 is 23.4 Å². The summed E-state index contributed by atoms with van der Waals surface area (Å²) in [6.45, 7) is 5.26.